The van der Waals surface area contributed by atoms with Gasteiger partial charge in [0.2, 0.25) is 0 Å². The lowest BCUT2D eigenvalue weighted by molar-refractivity contribution is -0.129. The molecule has 0 bridgehead atoms. The van der Waals surface area contributed by atoms with E-state index in [1.54, 1.807) is 6.07 Å². The Morgan fingerprint density at radius 3 is 2.62 bits per heavy atom. The van der Waals surface area contributed by atoms with Crippen LogP contribution in [0.2, 0.25) is 5.02 Å². The quantitative estimate of drug-likeness (QED) is 0.754. The molecule has 4 nitrogen and oxygen atoms in total. The molecule has 6 heteroatoms. The van der Waals surface area contributed by atoms with Crippen LogP contribution in [0.3, 0.4) is 0 Å². The van der Waals surface area contributed by atoms with Crippen LogP contribution in [0.5, 0.6) is 5.75 Å². The molecule has 0 spiro atoms. The van der Waals surface area contributed by atoms with Gasteiger partial charge in [0.25, 0.3) is 5.91 Å². The maximum absolute atomic E-state index is 12.4. The Balaban J connectivity index is 2.33. The molecule has 2 N–H and O–H groups in total. The lowest BCUT2D eigenvalue weighted by Crippen LogP contribution is -2.47. The van der Waals surface area contributed by atoms with Crippen LogP contribution in [0.1, 0.15) is 39.7 Å². The predicted octanol–water partition coefficient (Wildman–Crippen LogP) is 4.93. The van der Waals surface area contributed by atoms with Crippen molar-refractivity contribution in [3.05, 3.63) is 33.4 Å². The number of fused-ring (bicyclic) bond motifs is 1. The van der Waals surface area contributed by atoms with Crippen LogP contribution in [0.25, 0.3) is 10.9 Å². The molecule has 1 unspecified atom stereocenters. The molecule has 0 aliphatic carbocycles. The molecule has 0 radical (unpaired) electrons. The Bertz CT molecular complexity index is 824. The zero-order valence-corrected chi connectivity index (χ0v) is 16.2. The second kappa shape index (κ2) is 7.11. The normalized spacial score (nSPS) is 12.9. The fourth-order valence-corrected chi connectivity index (χ4v) is 2.79. The fourth-order valence-electron chi connectivity index (χ4n) is 2.36. The van der Waals surface area contributed by atoms with Crippen molar-refractivity contribution in [3.8, 4) is 5.75 Å². The van der Waals surface area contributed by atoms with Gasteiger partial charge < -0.3 is 15.0 Å². The summed E-state index contributed by atoms with van der Waals surface area (Å²) in [5.41, 5.74) is 1.43. The molecular weight excluding hydrogens is 344 g/mol. The number of aromatic amines is 1. The van der Waals surface area contributed by atoms with Crippen molar-refractivity contribution in [3.63, 3.8) is 0 Å². The molecule has 0 fully saturated rings. The lowest BCUT2D eigenvalue weighted by atomic mass is 10.1. The Morgan fingerprint density at radius 2 is 2.04 bits per heavy atom. The SMILES string of the molecule is CCC(Oc1cc(Cl)c2[nH]c(=S)c(C)cc2c1)C(=O)NC(C)(C)C. The third-order valence-corrected chi connectivity index (χ3v) is 4.22. The molecule has 1 heterocycles. The van der Waals surface area contributed by atoms with Gasteiger partial charge in [-0.2, -0.15) is 0 Å². The van der Waals surface area contributed by atoms with Crippen molar-refractivity contribution in [2.75, 3.05) is 0 Å². The number of amides is 1. The number of rotatable bonds is 4. The zero-order chi connectivity index (χ0) is 18.1. The molecule has 0 aliphatic rings. The Labute approximate surface area is 152 Å². The maximum Gasteiger partial charge on any atom is 0.261 e. The Kier molecular flexibility index (Phi) is 5.56. The number of aromatic nitrogens is 1. The van der Waals surface area contributed by atoms with Gasteiger partial charge in [-0.15, -0.1) is 0 Å². The van der Waals surface area contributed by atoms with E-state index in [4.69, 9.17) is 28.6 Å². The standard InChI is InChI=1S/C18H23ClN2O2S/c1-6-14(16(22)21-18(3,4)5)23-12-8-11-7-10(2)17(24)20-15(11)13(19)9-12/h7-9,14H,6H2,1-5H3,(H,20,24)(H,21,22). The highest BCUT2D eigenvalue weighted by atomic mass is 35.5. The molecule has 1 amide bonds. The third-order valence-electron chi connectivity index (χ3n) is 3.50. The number of halogens is 1. The average Bonchev–Trinajstić information content (AvgIpc) is 2.45. The number of carbonyl (C=O) groups is 1. The van der Waals surface area contributed by atoms with E-state index in [2.05, 4.69) is 10.3 Å². The van der Waals surface area contributed by atoms with E-state index in [1.807, 2.05) is 46.8 Å². The van der Waals surface area contributed by atoms with E-state index in [0.29, 0.717) is 21.8 Å². The van der Waals surface area contributed by atoms with Crippen LogP contribution in [-0.4, -0.2) is 22.5 Å². The van der Waals surface area contributed by atoms with Crippen LogP contribution < -0.4 is 10.1 Å². The number of hydrogen-bond acceptors (Lipinski definition) is 3. The highest BCUT2D eigenvalue weighted by molar-refractivity contribution is 7.71. The smallest absolute Gasteiger partial charge is 0.261 e. The molecule has 0 saturated heterocycles. The summed E-state index contributed by atoms with van der Waals surface area (Å²) >= 11 is 11.6. The monoisotopic (exact) mass is 366 g/mol. The van der Waals surface area contributed by atoms with Crippen molar-refractivity contribution >= 4 is 40.6 Å². The number of H-pyrrole nitrogens is 1. The number of benzene rings is 1. The van der Waals surface area contributed by atoms with Crippen molar-refractivity contribution in [2.24, 2.45) is 0 Å². The summed E-state index contributed by atoms with van der Waals surface area (Å²) in [6.07, 6.45) is -0.00516. The van der Waals surface area contributed by atoms with Crippen LogP contribution in [0.4, 0.5) is 0 Å². The largest absolute Gasteiger partial charge is 0.481 e. The van der Waals surface area contributed by atoms with Crippen molar-refractivity contribution < 1.29 is 9.53 Å². The van der Waals surface area contributed by atoms with E-state index in [0.717, 1.165) is 16.5 Å². The number of carbonyl (C=O) groups excluding carboxylic acids is 1. The molecule has 2 rings (SSSR count). The summed E-state index contributed by atoms with van der Waals surface area (Å²) in [4.78, 5) is 15.5. The second-order valence-electron chi connectivity index (χ2n) is 6.90. The summed E-state index contributed by atoms with van der Waals surface area (Å²) in [5.74, 6) is 0.429. The van der Waals surface area contributed by atoms with Crippen LogP contribution in [0.15, 0.2) is 18.2 Å². The molecule has 130 valence electrons. The number of nitrogens with one attached hydrogen (secondary N) is 2. The summed E-state index contributed by atoms with van der Waals surface area (Å²) in [5, 5.41) is 4.35. The Hall–Kier alpha value is -1.59. The van der Waals surface area contributed by atoms with Crippen molar-refractivity contribution in [1.29, 1.82) is 0 Å². The number of pyridine rings is 1. The molecule has 1 aromatic carbocycles. The molecule has 1 aromatic heterocycles. The van der Waals surface area contributed by atoms with Gasteiger partial charge >= 0.3 is 0 Å². The number of aryl methyl sites for hydroxylation is 1. The van der Waals surface area contributed by atoms with E-state index >= 15 is 0 Å². The first-order chi connectivity index (χ1) is 11.1. The number of hydrogen-bond donors (Lipinski definition) is 2. The van der Waals surface area contributed by atoms with Crippen LogP contribution in [-0.2, 0) is 4.79 Å². The van der Waals surface area contributed by atoms with Gasteiger partial charge in [-0.05, 0) is 51.8 Å². The van der Waals surface area contributed by atoms with E-state index in [-0.39, 0.29) is 11.4 Å². The van der Waals surface area contributed by atoms with Crippen molar-refractivity contribution in [2.45, 2.75) is 52.7 Å². The van der Waals surface area contributed by atoms with Crippen LogP contribution in [0, 0.1) is 11.6 Å². The maximum atomic E-state index is 12.4. The average molecular weight is 367 g/mol. The van der Waals surface area contributed by atoms with Gasteiger partial charge in [0.1, 0.15) is 10.4 Å². The van der Waals surface area contributed by atoms with E-state index < -0.39 is 6.10 Å². The predicted molar refractivity (Wildman–Crippen MR) is 101 cm³/mol. The molecule has 24 heavy (non-hydrogen) atoms. The summed E-state index contributed by atoms with van der Waals surface area (Å²) in [6, 6.07) is 5.53. The van der Waals surface area contributed by atoms with Gasteiger partial charge in [0.15, 0.2) is 6.10 Å². The first kappa shape index (κ1) is 18.7. The first-order valence-electron chi connectivity index (χ1n) is 7.92. The minimum absolute atomic E-state index is 0.134. The van der Waals surface area contributed by atoms with Gasteiger partial charge in [-0.3, -0.25) is 4.79 Å². The van der Waals surface area contributed by atoms with Gasteiger partial charge in [-0.25, -0.2) is 0 Å². The van der Waals surface area contributed by atoms with E-state index in [1.165, 1.54) is 0 Å². The van der Waals surface area contributed by atoms with E-state index in [9.17, 15) is 4.79 Å². The van der Waals surface area contributed by atoms with Gasteiger partial charge in [-0.1, -0.05) is 30.7 Å². The van der Waals surface area contributed by atoms with Crippen molar-refractivity contribution in [1.82, 2.24) is 10.3 Å². The second-order valence-corrected chi connectivity index (χ2v) is 7.72. The molecule has 1 atom stereocenters. The van der Waals surface area contributed by atoms with Crippen LogP contribution >= 0.6 is 23.8 Å². The fraction of sp³-hybridized carbons (Fsp3) is 0.444. The highest BCUT2D eigenvalue weighted by Gasteiger charge is 2.23. The summed E-state index contributed by atoms with van der Waals surface area (Å²) in [7, 11) is 0. The topological polar surface area (TPSA) is 54.1 Å². The third kappa shape index (κ3) is 4.48. The minimum Gasteiger partial charge on any atom is -0.481 e. The highest BCUT2D eigenvalue weighted by Crippen LogP contribution is 2.29. The first-order valence-corrected chi connectivity index (χ1v) is 8.71. The zero-order valence-electron chi connectivity index (χ0n) is 14.6. The lowest BCUT2D eigenvalue weighted by Gasteiger charge is -2.25. The molecule has 0 saturated carbocycles. The molecule has 0 aliphatic heterocycles. The summed E-state index contributed by atoms with van der Waals surface area (Å²) in [6.45, 7) is 9.67. The molecule has 2 aromatic rings. The van der Waals surface area contributed by atoms with Gasteiger partial charge in [0, 0.05) is 17.0 Å². The Morgan fingerprint density at radius 1 is 1.38 bits per heavy atom. The van der Waals surface area contributed by atoms with Gasteiger partial charge in [0.05, 0.1) is 10.5 Å². The molecular formula is C18H23ClN2O2S. The minimum atomic E-state index is -0.568. The summed E-state index contributed by atoms with van der Waals surface area (Å²) < 4.78 is 6.56. The number of ether oxygens (including phenoxy) is 1.